The van der Waals surface area contributed by atoms with Gasteiger partial charge in [0, 0.05) is 11.6 Å². The molecule has 116 valence electrons. The lowest BCUT2D eigenvalue weighted by Crippen LogP contribution is -2.14. The number of hydrogen-bond donors (Lipinski definition) is 2. The number of aromatic nitrogens is 1. The average Bonchev–Trinajstić information content (AvgIpc) is 2.95. The van der Waals surface area contributed by atoms with E-state index in [4.69, 9.17) is 4.74 Å². The number of thiazole rings is 1. The third kappa shape index (κ3) is 5.57. The van der Waals surface area contributed by atoms with Crippen molar-refractivity contribution in [3.8, 4) is 0 Å². The lowest BCUT2D eigenvalue weighted by molar-refractivity contribution is -0.142. The van der Waals surface area contributed by atoms with Gasteiger partial charge in [-0.25, -0.2) is 4.98 Å². The highest BCUT2D eigenvalue weighted by Gasteiger charge is 2.07. The van der Waals surface area contributed by atoms with E-state index in [9.17, 15) is 4.79 Å². The van der Waals surface area contributed by atoms with Crippen LogP contribution in [0.4, 0.5) is 5.13 Å². The summed E-state index contributed by atoms with van der Waals surface area (Å²) >= 11 is 1.44. The smallest absolute Gasteiger partial charge is 0.311 e. The molecule has 0 aliphatic carbocycles. The van der Waals surface area contributed by atoms with Crippen LogP contribution in [0.25, 0.3) is 0 Å². The van der Waals surface area contributed by atoms with Crippen molar-refractivity contribution in [1.82, 2.24) is 10.4 Å². The van der Waals surface area contributed by atoms with E-state index >= 15 is 0 Å². The highest BCUT2D eigenvalue weighted by molar-refractivity contribution is 7.13. The number of carbonyl (C=O) groups is 1. The maximum atomic E-state index is 11.4. The number of carbonyl (C=O) groups excluding carboxylic acids is 1. The van der Waals surface area contributed by atoms with E-state index in [0.29, 0.717) is 17.4 Å². The van der Waals surface area contributed by atoms with Crippen molar-refractivity contribution in [2.24, 2.45) is 0 Å². The zero-order valence-electron chi connectivity index (χ0n) is 12.4. The minimum Gasteiger partial charge on any atom is -0.466 e. The van der Waals surface area contributed by atoms with Gasteiger partial charge in [0.15, 0.2) is 0 Å². The molecule has 0 aliphatic heterocycles. The molecular formula is C16H19N3O2S. The highest BCUT2D eigenvalue weighted by atomic mass is 32.1. The summed E-state index contributed by atoms with van der Waals surface area (Å²) in [6.07, 6.45) is 4.92. The van der Waals surface area contributed by atoms with Crippen molar-refractivity contribution in [1.29, 1.82) is 0 Å². The second-order valence-corrected chi connectivity index (χ2v) is 5.35. The van der Waals surface area contributed by atoms with E-state index in [1.165, 1.54) is 16.9 Å². The molecule has 1 aromatic carbocycles. The lowest BCUT2D eigenvalue weighted by atomic mass is 10.1. The minimum absolute atomic E-state index is 0.204. The normalized spacial score (nSPS) is 10.6. The van der Waals surface area contributed by atoms with E-state index in [2.05, 4.69) is 28.0 Å². The van der Waals surface area contributed by atoms with Gasteiger partial charge in [0.1, 0.15) is 0 Å². The van der Waals surface area contributed by atoms with Gasteiger partial charge in [0.2, 0.25) is 5.13 Å². The molecule has 0 bridgehead atoms. The van der Waals surface area contributed by atoms with Crippen molar-refractivity contribution in [3.63, 3.8) is 0 Å². The number of hydrogen-bond acceptors (Lipinski definition) is 6. The van der Waals surface area contributed by atoms with Crippen LogP contribution in [-0.2, 0) is 22.4 Å². The number of nitrogens with zero attached hydrogens (tertiary/aromatic N) is 1. The molecule has 2 rings (SSSR count). The molecular weight excluding hydrogens is 298 g/mol. The van der Waals surface area contributed by atoms with Gasteiger partial charge in [-0.05, 0) is 18.9 Å². The van der Waals surface area contributed by atoms with Gasteiger partial charge in [-0.3, -0.25) is 10.2 Å². The van der Waals surface area contributed by atoms with Crippen molar-refractivity contribution < 1.29 is 9.53 Å². The van der Waals surface area contributed by atoms with E-state index in [1.54, 1.807) is 6.92 Å². The number of anilines is 1. The first-order valence-corrected chi connectivity index (χ1v) is 7.96. The maximum absolute atomic E-state index is 11.4. The molecule has 0 spiro atoms. The van der Waals surface area contributed by atoms with Crippen molar-refractivity contribution in [3.05, 3.63) is 59.2 Å². The molecule has 1 aromatic heterocycles. The lowest BCUT2D eigenvalue weighted by Gasteiger charge is -2.01. The van der Waals surface area contributed by atoms with Crippen LogP contribution in [0.2, 0.25) is 0 Å². The average molecular weight is 317 g/mol. The summed E-state index contributed by atoms with van der Waals surface area (Å²) in [5, 5.41) is 2.55. The van der Waals surface area contributed by atoms with E-state index in [1.807, 2.05) is 35.9 Å². The van der Waals surface area contributed by atoms with Crippen LogP contribution in [0, 0.1) is 0 Å². The Morgan fingerprint density at radius 3 is 2.95 bits per heavy atom. The van der Waals surface area contributed by atoms with Crippen LogP contribution in [-0.4, -0.2) is 17.6 Å². The summed E-state index contributed by atoms with van der Waals surface area (Å²) in [4.78, 5) is 15.6. The van der Waals surface area contributed by atoms with Gasteiger partial charge in [-0.15, -0.1) is 11.3 Å². The Morgan fingerprint density at radius 1 is 1.36 bits per heavy atom. The maximum Gasteiger partial charge on any atom is 0.311 e. The predicted octanol–water partition coefficient (Wildman–Crippen LogP) is 2.92. The molecule has 6 heteroatoms. The number of benzene rings is 1. The van der Waals surface area contributed by atoms with Crippen LogP contribution in [0.1, 0.15) is 18.2 Å². The van der Waals surface area contributed by atoms with Gasteiger partial charge in [-0.2, -0.15) is 0 Å². The minimum atomic E-state index is -0.255. The first-order valence-electron chi connectivity index (χ1n) is 7.08. The summed E-state index contributed by atoms with van der Waals surface area (Å²) < 4.78 is 4.89. The molecule has 5 nitrogen and oxygen atoms in total. The van der Waals surface area contributed by atoms with E-state index in [-0.39, 0.29) is 12.4 Å². The Bertz CT molecular complexity index is 611. The summed E-state index contributed by atoms with van der Waals surface area (Å²) in [5.74, 6) is -0.255. The monoisotopic (exact) mass is 317 g/mol. The third-order valence-electron chi connectivity index (χ3n) is 2.76. The molecule has 0 saturated carbocycles. The fourth-order valence-corrected chi connectivity index (χ4v) is 2.45. The second-order valence-electron chi connectivity index (χ2n) is 4.49. The van der Waals surface area contributed by atoms with Crippen LogP contribution in [0.15, 0.2) is 48.0 Å². The number of hydrazine groups is 1. The first-order chi connectivity index (χ1) is 10.8. The third-order valence-corrected chi connectivity index (χ3v) is 3.57. The quantitative estimate of drug-likeness (QED) is 0.579. The van der Waals surface area contributed by atoms with Crippen molar-refractivity contribution in [2.45, 2.75) is 19.8 Å². The Kier molecular flexibility index (Phi) is 6.44. The van der Waals surface area contributed by atoms with Crippen LogP contribution in [0.3, 0.4) is 0 Å². The Balaban J connectivity index is 1.71. The Morgan fingerprint density at radius 2 is 2.18 bits per heavy atom. The standard InChI is InChI=1S/C16H19N3O2S/c1-2-21-15(20)11-14-12-22-16(18-14)19-17-10-6-9-13-7-4-3-5-8-13/h3-8,10,12,17H,2,9,11H2,1H3,(H,18,19)/b10-6-. The number of esters is 1. The second kappa shape index (κ2) is 8.84. The van der Waals surface area contributed by atoms with Crippen LogP contribution in [0.5, 0.6) is 0 Å². The number of allylic oxidation sites excluding steroid dienone is 1. The van der Waals surface area contributed by atoms with Crippen molar-refractivity contribution >= 4 is 22.4 Å². The van der Waals surface area contributed by atoms with Gasteiger partial charge in [0.25, 0.3) is 0 Å². The summed E-state index contributed by atoms with van der Waals surface area (Å²) in [7, 11) is 0. The molecule has 0 atom stereocenters. The largest absolute Gasteiger partial charge is 0.466 e. The summed E-state index contributed by atoms with van der Waals surface area (Å²) in [6.45, 7) is 2.18. The zero-order valence-corrected chi connectivity index (χ0v) is 13.2. The molecule has 0 aliphatic rings. The topological polar surface area (TPSA) is 63.2 Å². The first kappa shape index (κ1) is 16.0. The number of ether oxygens (including phenoxy) is 1. The molecule has 2 aromatic rings. The predicted molar refractivity (Wildman–Crippen MR) is 88.5 cm³/mol. The molecule has 0 amide bonds. The molecule has 0 unspecified atom stereocenters. The molecule has 0 saturated heterocycles. The molecule has 0 radical (unpaired) electrons. The van der Waals surface area contributed by atoms with Crippen molar-refractivity contribution in [2.75, 3.05) is 12.0 Å². The van der Waals surface area contributed by atoms with Gasteiger partial charge < -0.3 is 10.2 Å². The SMILES string of the molecule is CCOC(=O)Cc1csc(NN/C=C\Cc2ccccc2)n1. The Hall–Kier alpha value is -2.34. The van der Waals surface area contributed by atoms with Gasteiger partial charge in [-0.1, -0.05) is 36.4 Å². The summed E-state index contributed by atoms with van der Waals surface area (Å²) in [5.41, 5.74) is 7.91. The highest BCUT2D eigenvalue weighted by Crippen LogP contribution is 2.15. The molecule has 2 N–H and O–H groups in total. The fraction of sp³-hybridized carbons (Fsp3) is 0.250. The van der Waals surface area contributed by atoms with Gasteiger partial charge in [0.05, 0.1) is 18.7 Å². The molecule has 0 fully saturated rings. The van der Waals surface area contributed by atoms with Crippen LogP contribution >= 0.6 is 11.3 Å². The van der Waals surface area contributed by atoms with Crippen LogP contribution < -0.4 is 10.9 Å². The van der Waals surface area contributed by atoms with E-state index in [0.717, 1.165) is 6.42 Å². The van der Waals surface area contributed by atoms with Gasteiger partial charge >= 0.3 is 5.97 Å². The Labute approximate surface area is 134 Å². The zero-order chi connectivity index (χ0) is 15.6. The molecule has 1 heterocycles. The number of nitrogens with one attached hydrogen (secondary N) is 2. The summed E-state index contributed by atoms with van der Waals surface area (Å²) in [6, 6.07) is 10.2. The molecule has 22 heavy (non-hydrogen) atoms. The fourth-order valence-electron chi connectivity index (χ4n) is 1.78. The number of rotatable bonds is 8. The van der Waals surface area contributed by atoms with E-state index < -0.39 is 0 Å².